The second-order valence-corrected chi connectivity index (χ2v) is 7.84. The third kappa shape index (κ3) is 3.84. The van der Waals surface area contributed by atoms with Gasteiger partial charge in [0.15, 0.2) is 0 Å². The lowest BCUT2D eigenvalue weighted by atomic mass is 10.3. The Labute approximate surface area is 125 Å². The number of rotatable bonds is 4. The van der Waals surface area contributed by atoms with Gasteiger partial charge in [0.25, 0.3) is 0 Å². The van der Waals surface area contributed by atoms with Crippen LogP contribution in [-0.4, -0.2) is 49.6 Å². The molecule has 1 aromatic heterocycles. The maximum absolute atomic E-state index is 12.2. The second kappa shape index (κ2) is 6.28. The van der Waals surface area contributed by atoms with Crippen LogP contribution in [0.1, 0.15) is 13.8 Å². The Morgan fingerprint density at radius 2 is 1.95 bits per heavy atom. The molecule has 0 radical (unpaired) electrons. The first-order valence-corrected chi connectivity index (χ1v) is 8.71. The monoisotopic (exact) mass is 317 g/mol. The summed E-state index contributed by atoms with van der Waals surface area (Å²) in [6.45, 7) is 6.13. The molecule has 112 valence electrons. The van der Waals surface area contributed by atoms with Crippen molar-refractivity contribution in [2.75, 3.05) is 36.8 Å². The summed E-state index contributed by atoms with van der Waals surface area (Å²) in [4.78, 5) is 6.34. The first kappa shape index (κ1) is 15.5. The molecule has 0 saturated carbocycles. The quantitative estimate of drug-likeness (QED) is 0.850. The van der Waals surface area contributed by atoms with E-state index < -0.39 is 10.0 Å². The first-order valence-electron chi connectivity index (χ1n) is 6.73. The van der Waals surface area contributed by atoms with Gasteiger partial charge in [-0.1, -0.05) is 25.4 Å². The highest BCUT2D eigenvalue weighted by Gasteiger charge is 2.27. The van der Waals surface area contributed by atoms with Crippen molar-refractivity contribution < 1.29 is 8.42 Å². The molecule has 1 fully saturated rings. The Balaban J connectivity index is 1.99. The number of pyridine rings is 1. The Morgan fingerprint density at radius 3 is 2.50 bits per heavy atom. The van der Waals surface area contributed by atoms with Crippen molar-refractivity contribution in [3.8, 4) is 0 Å². The van der Waals surface area contributed by atoms with E-state index in [-0.39, 0.29) is 11.7 Å². The maximum Gasteiger partial charge on any atom is 0.214 e. The molecule has 2 rings (SSSR count). The highest BCUT2D eigenvalue weighted by Crippen LogP contribution is 2.19. The van der Waals surface area contributed by atoms with E-state index >= 15 is 0 Å². The molecule has 1 aliphatic heterocycles. The molecule has 0 amide bonds. The number of hydrogen-bond donors (Lipinski definition) is 0. The minimum absolute atomic E-state index is 0.146. The number of sulfonamides is 1. The zero-order valence-electron chi connectivity index (χ0n) is 11.8. The summed E-state index contributed by atoms with van der Waals surface area (Å²) in [5.74, 6) is 1.16. The van der Waals surface area contributed by atoms with Crippen LogP contribution in [0.25, 0.3) is 0 Å². The third-order valence-corrected chi connectivity index (χ3v) is 5.68. The fraction of sp³-hybridized carbons (Fsp3) is 0.615. The lowest BCUT2D eigenvalue weighted by Gasteiger charge is -2.35. The Hall–Kier alpha value is -0.850. The molecule has 0 unspecified atom stereocenters. The molecule has 20 heavy (non-hydrogen) atoms. The molecule has 1 aromatic rings. The van der Waals surface area contributed by atoms with Crippen molar-refractivity contribution in [2.45, 2.75) is 13.8 Å². The molecule has 2 heterocycles. The van der Waals surface area contributed by atoms with E-state index in [0.717, 1.165) is 5.82 Å². The largest absolute Gasteiger partial charge is 0.354 e. The summed E-state index contributed by atoms with van der Waals surface area (Å²) in [7, 11) is -3.14. The predicted molar refractivity (Wildman–Crippen MR) is 81.7 cm³/mol. The predicted octanol–water partition coefficient (Wildman–Crippen LogP) is 1.84. The average Bonchev–Trinajstić information content (AvgIpc) is 2.37. The van der Waals surface area contributed by atoms with Gasteiger partial charge < -0.3 is 4.90 Å². The lowest BCUT2D eigenvalue weighted by Crippen LogP contribution is -2.49. The highest BCUT2D eigenvalue weighted by molar-refractivity contribution is 7.89. The van der Waals surface area contributed by atoms with Gasteiger partial charge in [-0.15, -0.1) is 0 Å². The molecule has 0 atom stereocenters. The lowest BCUT2D eigenvalue weighted by molar-refractivity contribution is 0.381. The third-order valence-electron chi connectivity index (χ3n) is 3.21. The molecular formula is C13H20ClN3O2S. The van der Waals surface area contributed by atoms with E-state index in [1.807, 2.05) is 13.8 Å². The van der Waals surface area contributed by atoms with Gasteiger partial charge in [0.1, 0.15) is 5.82 Å². The molecular weight excluding hydrogens is 298 g/mol. The van der Waals surface area contributed by atoms with Crippen molar-refractivity contribution in [1.29, 1.82) is 0 Å². The number of anilines is 1. The minimum atomic E-state index is -3.14. The van der Waals surface area contributed by atoms with Gasteiger partial charge in [-0.2, -0.15) is 4.31 Å². The number of halogens is 1. The van der Waals surface area contributed by atoms with Gasteiger partial charge in [0.2, 0.25) is 10.0 Å². The fourth-order valence-corrected chi connectivity index (χ4v) is 4.22. The summed E-state index contributed by atoms with van der Waals surface area (Å²) >= 11 is 5.95. The van der Waals surface area contributed by atoms with Crippen LogP contribution in [0.4, 0.5) is 5.82 Å². The van der Waals surface area contributed by atoms with E-state index in [1.165, 1.54) is 0 Å². The van der Waals surface area contributed by atoms with Crippen molar-refractivity contribution in [2.24, 2.45) is 5.92 Å². The maximum atomic E-state index is 12.2. The van der Waals surface area contributed by atoms with Gasteiger partial charge in [-0.25, -0.2) is 13.4 Å². The summed E-state index contributed by atoms with van der Waals surface area (Å²) < 4.78 is 25.9. The van der Waals surface area contributed by atoms with Crippen molar-refractivity contribution >= 4 is 27.4 Å². The fourth-order valence-electron chi connectivity index (χ4n) is 2.29. The minimum Gasteiger partial charge on any atom is -0.354 e. The standard InChI is InChI=1S/C13H20ClN3O2S/c1-11(2)10-20(18,19)17-7-5-16(6-8-17)13-9-12(14)3-4-15-13/h3-4,9,11H,5-8,10H2,1-2H3. The average molecular weight is 318 g/mol. The van der Waals surface area contributed by atoms with Crippen LogP contribution in [-0.2, 0) is 10.0 Å². The summed E-state index contributed by atoms with van der Waals surface area (Å²) in [5, 5.41) is 0.643. The van der Waals surface area contributed by atoms with Crippen molar-refractivity contribution in [3.63, 3.8) is 0 Å². The van der Waals surface area contributed by atoms with E-state index in [0.29, 0.717) is 31.2 Å². The van der Waals surface area contributed by atoms with E-state index in [1.54, 1.807) is 22.6 Å². The number of piperazine rings is 1. The Bertz CT molecular complexity index is 554. The highest BCUT2D eigenvalue weighted by atomic mass is 35.5. The molecule has 0 aliphatic carbocycles. The van der Waals surface area contributed by atoms with Crippen LogP contribution in [0.3, 0.4) is 0 Å². The van der Waals surface area contributed by atoms with Crippen LogP contribution in [0.15, 0.2) is 18.3 Å². The molecule has 0 bridgehead atoms. The number of hydrogen-bond acceptors (Lipinski definition) is 4. The molecule has 0 spiro atoms. The van der Waals surface area contributed by atoms with E-state index in [2.05, 4.69) is 9.88 Å². The molecule has 7 heteroatoms. The summed E-state index contributed by atoms with van der Waals surface area (Å²) in [5.41, 5.74) is 0. The van der Waals surface area contributed by atoms with Crippen LogP contribution < -0.4 is 4.90 Å². The Kier molecular flexibility index (Phi) is 4.88. The molecule has 0 N–H and O–H groups in total. The zero-order chi connectivity index (χ0) is 14.8. The van der Waals surface area contributed by atoms with Crippen molar-refractivity contribution in [3.05, 3.63) is 23.4 Å². The number of nitrogens with zero attached hydrogens (tertiary/aromatic N) is 3. The smallest absolute Gasteiger partial charge is 0.214 e. The topological polar surface area (TPSA) is 53.5 Å². The van der Waals surface area contributed by atoms with Gasteiger partial charge in [-0.3, -0.25) is 0 Å². The summed E-state index contributed by atoms with van der Waals surface area (Å²) in [6.07, 6.45) is 1.67. The van der Waals surface area contributed by atoms with Crippen LogP contribution in [0.5, 0.6) is 0 Å². The van der Waals surface area contributed by atoms with Crippen LogP contribution in [0, 0.1) is 5.92 Å². The SMILES string of the molecule is CC(C)CS(=O)(=O)N1CCN(c2cc(Cl)ccn2)CC1. The van der Waals surface area contributed by atoms with Crippen LogP contribution in [0.2, 0.25) is 5.02 Å². The number of aromatic nitrogens is 1. The van der Waals surface area contributed by atoms with Crippen molar-refractivity contribution in [1.82, 2.24) is 9.29 Å². The van der Waals surface area contributed by atoms with E-state index in [9.17, 15) is 8.42 Å². The van der Waals surface area contributed by atoms with Gasteiger partial charge in [0.05, 0.1) is 5.75 Å². The second-order valence-electron chi connectivity index (χ2n) is 5.39. The Morgan fingerprint density at radius 1 is 1.30 bits per heavy atom. The molecule has 0 aromatic carbocycles. The molecule has 1 saturated heterocycles. The van der Waals surface area contributed by atoms with Gasteiger partial charge in [0, 0.05) is 37.4 Å². The van der Waals surface area contributed by atoms with Gasteiger partial charge >= 0.3 is 0 Å². The van der Waals surface area contributed by atoms with E-state index in [4.69, 9.17) is 11.6 Å². The van der Waals surface area contributed by atoms with Gasteiger partial charge in [-0.05, 0) is 18.1 Å². The summed E-state index contributed by atoms with van der Waals surface area (Å²) in [6, 6.07) is 3.54. The molecule has 5 nitrogen and oxygen atoms in total. The first-order chi connectivity index (χ1) is 9.38. The molecule has 1 aliphatic rings. The zero-order valence-corrected chi connectivity index (χ0v) is 13.4. The normalized spacial score (nSPS) is 17.7. The van der Waals surface area contributed by atoms with Crippen LogP contribution >= 0.6 is 11.6 Å².